The van der Waals surface area contributed by atoms with Crippen molar-refractivity contribution in [2.45, 2.75) is 31.8 Å². The number of benzene rings is 1. The number of hydrogen-bond acceptors (Lipinski definition) is 3. The number of hydrogen-bond donors (Lipinski definition) is 2. The van der Waals surface area contributed by atoms with Crippen molar-refractivity contribution in [3.05, 3.63) is 35.9 Å². The standard InChI is InChI=1S/C14H23NOS/c1-2-3-10-17-11-9-14(16,12-15)13-7-5-4-6-8-13/h4-8,16H,2-3,9-12,15H2,1H3. The van der Waals surface area contributed by atoms with E-state index in [1.807, 2.05) is 42.1 Å². The van der Waals surface area contributed by atoms with E-state index in [-0.39, 0.29) is 6.54 Å². The van der Waals surface area contributed by atoms with Crippen LogP contribution in [0, 0.1) is 0 Å². The van der Waals surface area contributed by atoms with Crippen LogP contribution in [0.4, 0.5) is 0 Å². The molecule has 0 fully saturated rings. The fourth-order valence-electron chi connectivity index (χ4n) is 1.70. The predicted octanol–water partition coefficient (Wildman–Crippen LogP) is 2.76. The number of rotatable bonds is 8. The second kappa shape index (κ2) is 7.75. The van der Waals surface area contributed by atoms with Crippen molar-refractivity contribution in [2.75, 3.05) is 18.1 Å². The van der Waals surface area contributed by atoms with Crippen molar-refractivity contribution < 1.29 is 5.11 Å². The highest BCUT2D eigenvalue weighted by molar-refractivity contribution is 7.99. The quantitative estimate of drug-likeness (QED) is 0.700. The van der Waals surface area contributed by atoms with Gasteiger partial charge in [0.15, 0.2) is 0 Å². The molecule has 0 aliphatic rings. The van der Waals surface area contributed by atoms with E-state index in [2.05, 4.69) is 6.92 Å². The number of thioether (sulfide) groups is 1. The van der Waals surface area contributed by atoms with Crippen LogP contribution < -0.4 is 5.73 Å². The smallest absolute Gasteiger partial charge is 0.103 e. The first kappa shape index (κ1) is 14.6. The van der Waals surface area contributed by atoms with E-state index >= 15 is 0 Å². The monoisotopic (exact) mass is 253 g/mol. The Kier molecular flexibility index (Phi) is 6.63. The molecule has 0 aromatic heterocycles. The van der Waals surface area contributed by atoms with E-state index < -0.39 is 5.60 Å². The van der Waals surface area contributed by atoms with Crippen LogP contribution in [-0.4, -0.2) is 23.2 Å². The zero-order chi connectivity index (χ0) is 12.6. The van der Waals surface area contributed by atoms with Crippen LogP contribution in [0.25, 0.3) is 0 Å². The summed E-state index contributed by atoms with van der Waals surface area (Å²) in [4.78, 5) is 0. The molecule has 2 nitrogen and oxygen atoms in total. The Morgan fingerprint density at radius 2 is 1.94 bits per heavy atom. The van der Waals surface area contributed by atoms with Crippen molar-refractivity contribution >= 4 is 11.8 Å². The normalized spacial score (nSPS) is 14.5. The molecule has 1 unspecified atom stereocenters. The summed E-state index contributed by atoms with van der Waals surface area (Å²) in [5.74, 6) is 2.13. The lowest BCUT2D eigenvalue weighted by molar-refractivity contribution is 0.0431. The van der Waals surface area contributed by atoms with Gasteiger partial charge >= 0.3 is 0 Å². The minimum atomic E-state index is -0.861. The van der Waals surface area contributed by atoms with Gasteiger partial charge in [-0.2, -0.15) is 11.8 Å². The third-order valence-electron chi connectivity index (χ3n) is 2.95. The van der Waals surface area contributed by atoms with Gasteiger partial charge in [-0.05, 0) is 29.9 Å². The van der Waals surface area contributed by atoms with Crippen LogP contribution >= 0.6 is 11.8 Å². The van der Waals surface area contributed by atoms with Gasteiger partial charge in [0.05, 0.1) is 0 Å². The molecule has 0 saturated heterocycles. The van der Waals surface area contributed by atoms with Gasteiger partial charge in [0.2, 0.25) is 0 Å². The molecule has 0 aliphatic carbocycles. The minimum Gasteiger partial charge on any atom is -0.384 e. The third kappa shape index (κ3) is 4.70. The molecular formula is C14H23NOS. The molecule has 0 aliphatic heterocycles. The molecule has 1 rings (SSSR count). The maximum absolute atomic E-state index is 10.5. The van der Waals surface area contributed by atoms with Crippen LogP contribution in [0.2, 0.25) is 0 Å². The van der Waals surface area contributed by atoms with Crippen LogP contribution in [0.3, 0.4) is 0 Å². The first-order chi connectivity index (χ1) is 8.23. The maximum atomic E-state index is 10.5. The average Bonchev–Trinajstić information content (AvgIpc) is 2.39. The van der Waals surface area contributed by atoms with E-state index in [4.69, 9.17) is 5.73 Å². The number of nitrogens with two attached hydrogens (primary N) is 1. The SMILES string of the molecule is CCCCSCCC(O)(CN)c1ccccc1. The molecular weight excluding hydrogens is 230 g/mol. The second-order valence-corrected chi connectivity index (χ2v) is 5.54. The topological polar surface area (TPSA) is 46.2 Å². The first-order valence-electron chi connectivity index (χ1n) is 6.28. The summed E-state index contributed by atoms with van der Waals surface area (Å²) < 4.78 is 0. The van der Waals surface area contributed by atoms with E-state index in [1.165, 1.54) is 18.6 Å². The molecule has 17 heavy (non-hydrogen) atoms. The van der Waals surface area contributed by atoms with Crippen molar-refractivity contribution in [1.82, 2.24) is 0 Å². The van der Waals surface area contributed by atoms with Gasteiger partial charge in [0.1, 0.15) is 5.60 Å². The summed E-state index contributed by atoms with van der Waals surface area (Å²) in [5.41, 5.74) is 5.79. The molecule has 0 spiro atoms. The van der Waals surface area contributed by atoms with Crippen LogP contribution in [0.5, 0.6) is 0 Å². The highest BCUT2D eigenvalue weighted by Gasteiger charge is 2.26. The molecule has 0 radical (unpaired) electrons. The maximum Gasteiger partial charge on any atom is 0.103 e. The van der Waals surface area contributed by atoms with Crippen molar-refractivity contribution in [2.24, 2.45) is 5.73 Å². The van der Waals surface area contributed by atoms with Gasteiger partial charge < -0.3 is 10.8 Å². The minimum absolute atomic E-state index is 0.283. The summed E-state index contributed by atoms with van der Waals surface area (Å²) in [7, 11) is 0. The molecule has 0 amide bonds. The number of aliphatic hydroxyl groups is 1. The molecule has 1 aromatic rings. The Hall–Kier alpha value is -0.510. The zero-order valence-electron chi connectivity index (χ0n) is 10.6. The summed E-state index contributed by atoms with van der Waals surface area (Å²) in [5, 5.41) is 10.5. The zero-order valence-corrected chi connectivity index (χ0v) is 11.4. The summed E-state index contributed by atoms with van der Waals surface area (Å²) in [6.45, 7) is 2.48. The Balaban J connectivity index is 2.46. The average molecular weight is 253 g/mol. The lowest BCUT2D eigenvalue weighted by Gasteiger charge is -2.27. The highest BCUT2D eigenvalue weighted by Crippen LogP contribution is 2.25. The van der Waals surface area contributed by atoms with Gasteiger partial charge in [0.25, 0.3) is 0 Å². The van der Waals surface area contributed by atoms with E-state index in [9.17, 15) is 5.11 Å². The fraction of sp³-hybridized carbons (Fsp3) is 0.571. The van der Waals surface area contributed by atoms with Crippen LogP contribution in [0.15, 0.2) is 30.3 Å². The van der Waals surface area contributed by atoms with Crippen molar-refractivity contribution in [3.63, 3.8) is 0 Å². The van der Waals surface area contributed by atoms with Crippen LogP contribution in [0.1, 0.15) is 31.7 Å². The Morgan fingerprint density at radius 1 is 1.24 bits per heavy atom. The van der Waals surface area contributed by atoms with E-state index in [1.54, 1.807) is 0 Å². The summed E-state index contributed by atoms with van der Waals surface area (Å²) in [6, 6.07) is 9.74. The van der Waals surface area contributed by atoms with Gasteiger partial charge in [-0.3, -0.25) is 0 Å². The van der Waals surface area contributed by atoms with Crippen LogP contribution in [-0.2, 0) is 5.60 Å². The lowest BCUT2D eigenvalue weighted by Crippen LogP contribution is -2.35. The van der Waals surface area contributed by atoms with E-state index in [0.29, 0.717) is 0 Å². The summed E-state index contributed by atoms with van der Waals surface area (Å²) >= 11 is 1.90. The highest BCUT2D eigenvalue weighted by atomic mass is 32.2. The Labute approximate surface area is 109 Å². The molecule has 3 heteroatoms. The molecule has 0 saturated carbocycles. The lowest BCUT2D eigenvalue weighted by atomic mass is 9.91. The number of unbranched alkanes of at least 4 members (excludes halogenated alkanes) is 1. The molecule has 3 N–H and O–H groups in total. The van der Waals surface area contributed by atoms with Gasteiger partial charge in [-0.15, -0.1) is 0 Å². The third-order valence-corrected chi connectivity index (χ3v) is 4.02. The largest absolute Gasteiger partial charge is 0.384 e. The van der Waals surface area contributed by atoms with E-state index in [0.717, 1.165) is 17.7 Å². The van der Waals surface area contributed by atoms with Gasteiger partial charge in [0, 0.05) is 6.54 Å². The van der Waals surface area contributed by atoms with Gasteiger partial charge in [-0.1, -0.05) is 43.7 Å². The van der Waals surface area contributed by atoms with Gasteiger partial charge in [-0.25, -0.2) is 0 Å². The fourth-order valence-corrected chi connectivity index (χ4v) is 2.88. The summed E-state index contributed by atoms with van der Waals surface area (Å²) in [6.07, 6.45) is 3.20. The molecule has 0 bridgehead atoms. The second-order valence-electron chi connectivity index (χ2n) is 4.32. The first-order valence-corrected chi connectivity index (χ1v) is 7.44. The van der Waals surface area contributed by atoms with Crippen molar-refractivity contribution in [3.8, 4) is 0 Å². The van der Waals surface area contributed by atoms with Crippen molar-refractivity contribution in [1.29, 1.82) is 0 Å². The predicted molar refractivity (Wildman–Crippen MR) is 76.2 cm³/mol. The Bertz CT molecular complexity index is 304. The Morgan fingerprint density at radius 3 is 2.53 bits per heavy atom. The molecule has 1 aromatic carbocycles. The molecule has 0 heterocycles. The molecule has 1 atom stereocenters. The molecule has 96 valence electrons.